The van der Waals surface area contributed by atoms with Crippen molar-refractivity contribution in [1.29, 1.82) is 0 Å². The van der Waals surface area contributed by atoms with Crippen molar-refractivity contribution in [3.05, 3.63) is 70.3 Å². The number of rotatable bonds is 8. The van der Waals surface area contributed by atoms with Crippen LogP contribution in [0.15, 0.2) is 47.5 Å². The first-order valence-corrected chi connectivity index (χ1v) is 11.2. The molecule has 3 aromatic rings. The molecule has 0 aliphatic carbocycles. The average molecular weight is 468 g/mol. The van der Waals surface area contributed by atoms with E-state index in [2.05, 4.69) is 15.5 Å². The Morgan fingerprint density at radius 1 is 1.18 bits per heavy atom. The number of hydrogen-bond donors (Lipinski definition) is 1. The predicted octanol–water partition coefficient (Wildman–Crippen LogP) is 3.67. The Balaban J connectivity index is 1.80. The van der Waals surface area contributed by atoms with Crippen LogP contribution >= 0.6 is 11.6 Å². The van der Waals surface area contributed by atoms with Crippen LogP contribution in [0.5, 0.6) is 5.75 Å². The number of carbonyl (C=O) groups is 1. The van der Waals surface area contributed by atoms with E-state index in [1.165, 1.54) is 0 Å². The summed E-state index contributed by atoms with van der Waals surface area (Å²) in [5.41, 5.74) is 3.35. The van der Waals surface area contributed by atoms with Crippen molar-refractivity contribution < 1.29 is 14.3 Å². The summed E-state index contributed by atoms with van der Waals surface area (Å²) in [5.74, 6) is 1.90. The number of aromatic nitrogens is 3. The largest absolute Gasteiger partial charge is 0.497 e. The van der Waals surface area contributed by atoms with Crippen LogP contribution in [0.25, 0.3) is 5.69 Å². The lowest BCUT2D eigenvalue weighted by molar-refractivity contribution is -0.121. The summed E-state index contributed by atoms with van der Waals surface area (Å²) in [5, 5.41) is 12.2. The Hall–Kier alpha value is -3.23. The second-order valence-electron chi connectivity index (χ2n) is 7.58. The molecule has 8 nitrogen and oxygen atoms in total. The van der Waals surface area contributed by atoms with Gasteiger partial charge in [-0.3, -0.25) is 14.4 Å². The molecular weight excluding hydrogens is 442 g/mol. The van der Waals surface area contributed by atoms with Crippen molar-refractivity contribution in [2.45, 2.75) is 26.3 Å². The van der Waals surface area contributed by atoms with Gasteiger partial charge >= 0.3 is 0 Å². The zero-order valence-electron chi connectivity index (χ0n) is 18.8. The molecule has 0 fully saturated rings. The molecule has 33 heavy (non-hydrogen) atoms. The van der Waals surface area contributed by atoms with Gasteiger partial charge < -0.3 is 14.8 Å². The second-order valence-corrected chi connectivity index (χ2v) is 8.01. The Morgan fingerprint density at radius 2 is 1.97 bits per heavy atom. The minimum absolute atomic E-state index is 0.130. The van der Waals surface area contributed by atoms with Gasteiger partial charge in [-0.1, -0.05) is 23.7 Å². The molecule has 0 unspecified atom stereocenters. The van der Waals surface area contributed by atoms with E-state index in [4.69, 9.17) is 26.1 Å². The fraction of sp³-hybridized carbons (Fsp3) is 0.333. The van der Waals surface area contributed by atoms with Crippen molar-refractivity contribution in [3.8, 4) is 11.4 Å². The van der Waals surface area contributed by atoms with Gasteiger partial charge in [-0.2, -0.15) is 0 Å². The number of fused-ring (bicyclic) bond motifs is 3. The number of halogens is 1. The van der Waals surface area contributed by atoms with Gasteiger partial charge in [0.2, 0.25) is 5.91 Å². The first-order valence-electron chi connectivity index (χ1n) is 10.8. The zero-order chi connectivity index (χ0) is 23.4. The molecule has 2 aromatic carbocycles. The topological polar surface area (TPSA) is 90.6 Å². The molecule has 2 heterocycles. The van der Waals surface area contributed by atoms with E-state index < -0.39 is 6.04 Å². The highest BCUT2D eigenvalue weighted by Gasteiger charge is 2.30. The molecule has 0 spiro atoms. The molecule has 0 saturated carbocycles. The quantitative estimate of drug-likeness (QED) is 0.510. The lowest BCUT2D eigenvalue weighted by Crippen LogP contribution is -2.28. The molecule has 0 radical (unpaired) electrons. The zero-order valence-corrected chi connectivity index (χ0v) is 19.6. The number of methoxy groups -OCH3 is 1. The monoisotopic (exact) mass is 467 g/mol. The number of aryl methyl sites for hydroxylation is 1. The molecule has 1 aliphatic rings. The molecule has 1 atom stereocenters. The second kappa shape index (κ2) is 10.1. The Kier molecular flexibility index (Phi) is 7.05. The van der Waals surface area contributed by atoms with E-state index in [0.717, 1.165) is 22.5 Å². The number of nitrogens with one attached hydrogen (secondary N) is 1. The maximum atomic E-state index is 12.7. The van der Waals surface area contributed by atoms with E-state index in [9.17, 15) is 4.79 Å². The molecule has 0 saturated heterocycles. The SMILES string of the molecule is CCOCCNC(=O)C[C@@H]1N=C(c2ccc(Cl)cc2)c2cc(OC)ccc2-n2c(C)nnc21. The van der Waals surface area contributed by atoms with Crippen LogP contribution < -0.4 is 10.1 Å². The van der Waals surface area contributed by atoms with Gasteiger partial charge in [-0.15, -0.1) is 10.2 Å². The molecular formula is C24H26ClN5O3. The Labute approximate surface area is 197 Å². The standard InChI is InChI=1S/C24H26ClN5O3/c1-4-33-12-11-26-22(31)14-20-24-29-28-15(2)30(24)21-10-9-18(32-3)13-19(21)23(27-20)16-5-7-17(25)8-6-16/h5-10,13,20H,4,11-12,14H2,1-3H3,(H,26,31)/t20-/m0/s1. The van der Waals surface area contributed by atoms with E-state index in [1.54, 1.807) is 7.11 Å². The van der Waals surface area contributed by atoms with Crippen LogP contribution in [0, 0.1) is 6.92 Å². The number of nitrogens with zero attached hydrogens (tertiary/aromatic N) is 4. The number of carbonyl (C=O) groups excluding carboxylic acids is 1. The van der Waals surface area contributed by atoms with Gasteiger partial charge in [0.05, 0.1) is 31.5 Å². The summed E-state index contributed by atoms with van der Waals surface area (Å²) in [6.45, 7) is 5.32. The molecule has 0 bridgehead atoms. The van der Waals surface area contributed by atoms with Crippen LogP contribution in [0.3, 0.4) is 0 Å². The third-order valence-corrected chi connectivity index (χ3v) is 5.65. The lowest BCUT2D eigenvalue weighted by atomic mass is 10.00. The first kappa shape index (κ1) is 22.9. The number of hydrogen-bond acceptors (Lipinski definition) is 6. The third kappa shape index (κ3) is 4.91. The summed E-state index contributed by atoms with van der Waals surface area (Å²) in [7, 11) is 1.63. The summed E-state index contributed by atoms with van der Waals surface area (Å²) in [6.07, 6.45) is 0.131. The maximum Gasteiger partial charge on any atom is 0.222 e. The fourth-order valence-corrected chi connectivity index (χ4v) is 3.96. The molecule has 1 amide bonds. The molecule has 4 rings (SSSR count). The molecule has 9 heteroatoms. The van der Waals surface area contributed by atoms with E-state index in [0.29, 0.717) is 42.2 Å². The average Bonchev–Trinajstić information content (AvgIpc) is 3.14. The van der Waals surface area contributed by atoms with Crippen LogP contribution in [-0.2, 0) is 9.53 Å². The number of benzene rings is 2. The normalized spacial score (nSPS) is 14.7. The number of amides is 1. The summed E-state index contributed by atoms with van der Waals surface area (Å²) in [6, 6.07) is 12.8. The minimum Gasteiger partial charge on any atom is -0.497 e. The van der Waals surface area contributed by atoms with Gasteiger partial charge in [0.1, 0.15) is 17.6 Å². The van der Waals surface area contributed by atoms with Crippen molar-refractivity contribution in [1.82, 2.24) is 20.1 Å². The van der Waals surface area contributed by atoms with Gasteiger partial charge in [-0.05, 0) is 44.2 Å². The molecule has 1 aliphatic heterocycles. The van der Waals surface area contributed by atoms with Gasteiger partial charge in [0.25, 0.3) is 0 Å². The van der Waals surface area contributed by atoms with E-state index in [-0.39, 0.29) is 12.3 Å². The molecule has 172 valence electrons. The Bertz CT molecular complexity index is 1170. The van der Waals surface area contributed by atoms with Crippen molar-refractivity contribution >= 4 is 23.2 Å². The highest BCUT2D eigenvalue weighted by molar-refractivity contribution is 6.30. The van der Waals surface area contributed by atoms with E-state index in [1.807, 2.05) is 60.9 Å². The number of ether oxygens (including phenoxy) is 2. The minimum atomic E-state index is -0.526. The smallest absolute Gasteiger partial charge is 0.222 e. The first-order chi connectivity index (χ1) is 16.0. The third-order valence-electron chi connectivity index (χ3n) is 5.40. The predicted molar refractivity (Wildman–Crippen MR) is 127 cm³/mol. The van der Waals surface area contributed by atoms with Crippen molar-refractivity contribution in [2.24, 2.45) is 4.99 Å². The summed E-state index contributed by atoms with van der Waals surface area (Å²) >= 11 is 6.13. The molecule has 1 N–H and O–H groups in total. The van der Waals surface area contributed by atoms with Crippen LogP contribution in [0.4, 0.5) is 0 Å². The van der Waals surface area contributed by atoms with Crippen LogP contribution in [0.2, 0.25) is 5.02 Å². The summed E-state index contributed by atoms with van der Waals surface area (Å²) in [4.78, 5) is 17.8. The van der Waals surface area contributed by atoms with Crippen molar-refractivity contribution in [2.75, 3.05) is 26.9 Å². The molecule has 1 aromatic heterocycles. The lowest BCUT2D eigenvalue weighted by Gasteiger charge is -2.14. The fourth-order valence-electron chi connectivity index (χ4n) is 3.83. The maximum absolute atomic E-state index is 12.7. The highest BCUT2D eigenvalue weighted by atomic mass is 35.5. The van der Waals surface area contributed by atoms with Gasteiger partial charge in [-0.25, -0.2) is 0 Å². The van der Waals surface area contributed by atoms with E-state index >= 15 is 0 Å². The van der Waals surface area contributed by atoms with Crippen molar-refractivity contribution in [3.63, 3.8) is 0 Å². The van der Waals surface area contributed by atoms with Crippen LogP contribution in [-0.4, -0.2) is 53.3 Å². The number of aliphatic imine (C=N–C) groups is 1. The highest BCUT2D eigenvalue weighted by Crippen LogP contribution is 2.34. The van der Waals surface area contributed by atoms with Crippen LogP contribution in [0.1, 0.15) is 42.2 Å². The Morgan fingerprint density at radius 3 is 2.70 bits per heavy atom. The van der Waals surface area contributed by atoms with Gasteiger partial charge in [0, 0.05) is 29.3 Å². The van der Waals surface area contributed by atoms with Gasteiger partial charge in [0.15, 0.2) is 5.82 Å². The summed E-state index contributed by atoms with van der Waals surface area (Å²) < 4.78 is 12.8.